The highest BCUT2D eigenvalue weighted by atomic mass is 32.2. The lowest BCUT2D eigenvalue weighted by atomic mass is 9.84. The fourth-order valence-electron chi connectivity index (χ4n) is 16.0. The largest absolute Gasteiger partial charge is 0.497 e. The number of aryl methyl sites for hydroxylation is 1. The van der Waals surface area contributed by atoms with E-state index in [2.05, 4.69) is 300 Å². The summed E-state index contributed by atoms with van der Waals surface area (Å²) in [7, 11) is 10.1. The molecule has 0 bridgehead atoms. The molecule has 0 amide bonds. The van der Waals surface area contributed by atoms with Crippen LogP contribution in [0.1, 0.15) is 157 Å². The molecule has 6 nitrogen and oxygen atoms in total. The predicted molar refractivity (Wildman–Crippen MR) is 460 cm³/mol. The van der Waals surface area contributed by atoms with Gasteiger partial charge in [0.25, 0.3) is 0 Å². The second-order valence-electron chi connectivity index (χ2n) is 30.3. The minimum Gasteiger partial charge on any atom is -0.497 e. The van der Waals surface area contributed by atoms with Crippen molar-refractivity contribution in [3.8, 4) is 5.75 Å². The maximum absolute atomic E-state index is 5.03. The van der Waals surface area contributed by atoms with E-state index in [0.29, 0.717) is 0 Å². The molecule has 16 rings (SSSR count). The Balaban J connectivity index is 0.000000131. The van der Waals surface area contributed by atoms with Gasteiger partial charge in [-0.2, -0.15) is 0 Å². The van der Waals surface area contributed by atoms with Gasteiger partial charge in [-0.1, -0.05) is 203 Å². The number of rotatable bonds is 15. The van der Waals surface area contributed by atoms with Gasteiger partial charge in [0.15, 0.2) is 44.1 Å². The lowest BCUT2D eigenvalue weighted by molar-refractivity contribution is 0.103. The van der Waals surface area contributed by atoms with Crippen LogP contribution in [-0.4, -0.2) is 119 Å². The quantitative estimate of drug-likeness (QED) is 0.0949. The van der Waals surface area contributed by atoms with E-state index in [9.17, 15) is 0 Å². The highest BCUT2D eigenvalue weighted by Crippen LogP contribution is 2.39. The summed E-state index contributed by atoms with van der Waals surface area (Å²) < 4.78 is 5.03. The molecule has 4 aliphatic heterocycles. The van der Waals surface area contributed by atoms with Crippen molar-refractivity contribution >= 4 is 38.4 Å². The first kappa shape index (κ1) is 80.7. The minimum absolute atomic E-state index is 0.0229. The van der Waals surface area contributed by atoms with Gasteiger partial charge in [0.1, 0.15) is 5.75 Å². The third-order valence-corrected chi connectivity index (χ3v) is 29.0. The summed E-state index contributed by atoms with van der Waals surface area (Å²) in [6, 6.07) is 103. The Labute approximate surface area is 655 Å². The summed E-state index contributed by atoms with van der Waals surface area (Å²) in [5.41, 5.74) is 5.56. The maximum atomic E-state index is 5.03. The number of piperidine rings is 4. The van der Waals surface area contributed by atoms with Crippen LogP contribution in [0.25, 0.3) is 0 Å². The number of ether oxygens (including phenoxy) is 1. The van der Waals surface area contributed by atoms with E-state index in [4.69, 9.17) is 4.74 Å². The van der Waals surface area contributed by atoms with E-state index in [1.165, 1.54) is 247 Å². The Bertz CT molecular complexity index is 3670. The maximum Gasteiger partial charge on any atom is 0.166 e. The van der Waals surface area contributed by atoms with Crippen molar-refractivity contribution in [2.75, 3.05) is 92.6 Å². The lowest BCUT2D eigenvalue weighted by Gasteiger charge is -2.39. The Hall–Kier alpha value is -7.31. The van der Waals surface area contributed by atoms with Crippen LogP contribution in [-0.2, 0) is 32.7 Å². The van der Waals surface area contributed by atoms with Crippen LogP contribution in [0, 0.1) is 6.92 Å². The molecule has 0 unspecified atom stereocenters. The molecule has 2 saturated carbocycles. The van der Waals surface area contributed by atoms with Crippen LogP contribution in [0.2, 0.25) is 0 Å². The molecule has 107 heavy (non-hydrogen) atoms. The number of hydrogen-bond acceptors (Lipinski definition) is 6. The smallest absolute Gasteiger partial charge is 0.166 e. The van der Waals surface area contributed by atoms with Crippen LogP contribution in [0.15, 0.2) is 323 Å². The van der Waals surface area contributed by atoms with E-state index in [1.807, 2.05) is 38.4 Å². The van der Waals surface area contributed by atoms with Crippen LogP contribution >= 0.6 is 0 Å². The Morgan fingerprint density at radius 3 is 0.794 bits per heavy atom. The molecule has 0 aromatic heterocycles. The molecule has 6 fully saturated rings. The molecule has 4 heterocycles. The van der Waals surface area contributed by atoms with E-state index in [1.54, 1.807) is 7.11 Å². The minimum atomic E-state index is -0.0278. The lowest BCUT2D eigenvalue weighted by Crippen LogP contribution is -2.45. The summed E-state index contributed by atoms with van der Waals surface area (Å²) in [4.78, 5) is 24.9. The monoisotopic (exact) mass is 1480 g/mol. The van der Waals surface area contributed by atoms with E-state index in [0.717, 1.165) is 29.7 Å². The number of anilines is 1. The van der Waals surface area contributed by atoms with Crippen molar-refractivity contribution in [1.29, 1.82) is 0 Å². The summed E-state index contributed by atoms with van der Waals surface area (Å²) in [5.74, 6) is 2.45. The van der Waals surface area contributed by atoms with Gasteiger partial charge >= 0.3 is 0 Å². The molecule has 9 heteroatoms. The molecule has 6 aliphatic rings. The Kier molecular flexibility index (Phi) is 33.5. The van der Waals surface area contributed by atoms with Gasteiger partial charge in [-0.25, -0.2) is 0 Å². The van der Waals surface area contributed by atoms with Gasteiger partial charge < -0.3 is 29.2 Å². The second kappa shape index (κ2) is 44.4. The van der Waals surface area contributed by atoms with Gasteiger partial charge in [0.05, 0.1) is 39.8 Å². The number of hydrogen-bond donors (Lipinski definition) is 0. The van der Waals surface area contributed by atoms with Crippen molar-refractivity contribution in [2.45, 2.75) is 203 Å². The van der Waals surface area contributed by atoms with Crippen LogP contribution in [0.4, 0.5) is 5.69 Å². The Morgan fingerprint density at radius 1 is 0.280 bits per heavy atom. The number of methoxy groups -OCH3 is 1. The zero-order valence-corrected chi connectivity index (χ0v) is 68.0. The van der Waals surface area contributed by atoms with E-state index < -0.39 is 0 Å². The van der Waals surface area contributed by atoms with Crippen molar-refractivity contribution in [3.05, 3.63) is 296 Å². The molecule has 0 atom stereocenters. The van der Waals surface area contributed by atoms with Crippen molar-refractivity contribution in [3.63, 3.8) is 0 Å². The Morgan fingerprint density at radius 2 is 0.533 bits per heavy atom. The summed E-state index contributed by atoms with van der Waals surface area (Å²) >= 11 is 0. The molecule has 10 aromatic rings. The first-order chi connectivity index (χ1) is 52.6. The van der Waals surface area contributed by atoms with Crippen molar-refractivity contribution in [1.82, 2.24) is 19.6 Å². The first-order valence-electron chi connectivity index (χ1n) is 40.6. The van der Waals surface area contributed by atoms with E-state index in [-0.39, 0.29) is 32.7 Å². The molecule has 10 aromatic carbocycles. The second-order valence-corrected chi connectivity index (χ2v) is 36.4. The average Bonchev–Trinajstić information content (AvgIpc) is 0.821. The van der Waals surface area contributed by atoms with Crippen LogP contribution in [0.5, 0.6) is 5.75 Å². The first-order valence-corrected chi connectivity index (χ1v) is 44.3. The standard InChI is InChI=1S/2C24H25S.C19H17S.2C11H22N2.C9H13NO/c2*1-4-10-20(11-5-1)21-16-18-24(19-17-21)25(22-12-6-2-7-13-22)23-14-8-3-9-15-23;1-16-12-14-19(15-13-16)20(17-8-4-2-5-9-17)18-10-6-3-7-11-18;2*1-12-9-5-11(6-10-12)13-7-3-2-4-8-13;1-10(2)8-4-6-9(11-3)7-5-8/h2*2-3,6-9,12-20H,1,4-5,10-11H2;2-15H,1H3;2*11H,2-10H2,1H3;4-7H,1-3H3/q3*+1;;;. The van der Waals surface area contributed by atoms with Crippen LogP contribution < -0.4 is 9.64 Å². The molecule has 4 saturated heterocycles. The van der Waals surface area contributed by atoms with Gasteiger partial charge in [-0.3, -0.25) is 0 Å². The zero-order valence-electron chi connectivity index (χ0n) is 65.5. The molecule has 0 N–H and O–H groups in total. The third-order valence-electron chi connectivity index (χ3n) is 22.3. The molecule has 562 valence electrons. The number of benzene rings is 10. The topological polar surface area (TPSA) is 25.4 Å². The highest BCUT2D eigenvalue weighted by Gasteiger charge is 2.32. The molecular weight excluding hydrogens is 1360 g/mol. The van der Waals surface area contributed by atoms with Gasteiger partial charge in [-0.15, -0.1) is 0 Å². The van der Waals surface area contributed by atoms with Gasteiger partial charge in [-0.05, 0) is 307 Å². The third kappa shape index (κ3) is 25.4. The zero-order chi connectivity index (χ0) is 74.0. The van der Waals surface area contributed by atoms with Gasteiger partial charge in [0, 0.05) is 31.9 Å². The number of nitrogens with zero attached hydrogens (tertiary/aromatic N) is 5. The average molecular weight is 1480 g/mol. The fraction of sp³-hybridized carbons (Fsp3) is 0.388. The molecule has 0 radical (unpaired) electrons. The molecular formula is C98H124N5OS3+3. The fourth-order valence-corrected chi connectivity index (χ4v) is 22.3. The SMILES string of the molecule is CN1CCC(N2CCCCC2)CC1.CN1CCC(N2CCCCC2)CC1.COc1ccc(N(C)C)cc1.Cc1ccc([S+](c2ccccc2)c2ccccc2)cc1.c1ccc([S+](c2ccccc2)c2ccc(C3CCCCC3)cc2)cc1.c1ccc([S+](c2ccccc2)c2ccc(C3CCCCC3)cc2)cc1. The normalized spacial score (nSPS) is 17.3. The highest BCUT2D eigenvalue weighted by molar-refractivity contribution is 7.97. The van der Waals surface area contributed by atoms with E-state index >= 15 is 0 Å². The molecule has 0 spiro atoms. The summed E-state index contributed by atoms with van der Waals surface area (Å²) in [6.07, 6.45) is 28.1. The van der Waals surface area contributed by atoms with Gasteiger partial charge in [0.2, 0.25) is 0 Å². The van der Waals surface area contributed by atoms with Crippen molar-refractivity contribution < 1.29 is 4.74 Å². The summed E-state index contributed by atoms with van der Waals surface area (Å²) in [6.45, 7) is 12.8. The van der Waals surface area contributed by atoms with Crippen LogP contribution in [0.3, 0.4) is 0 Å². The van der Waals surface area contributed by atoms with Crippen molar-refractivity contribution in [2.24, 2.45) is 0 Å². The predicted octanol–water partition coefficient (Wildman–Crippen LogP) is 23.6. The summed E-state index contributed by atoms with van der Waals surface area (Å²) in [5, 5.41) is 0. The molecule has 2 aliphatic carbocycles. The number of likely N-dealkylation sites (tertiary alicyclic amines) is 4.